The van der Waals surface area contributed by atoms with Gasteiger partial charge in [-0.05, 0) is 48.9 Å². The lowest BCUT2D eigenvalue weighted by atomic mass is 10.1. The van der Waals surface area contributed by atoms with E-state index in [4.69, 9.17) is 0 Å². The number of fused-ring (bicyclic) bond motifs is 1. The van der Waals surface area contributed by atoms with Gasteiger partial charge >= 0.3 is 0 Å². The highest BCUT2D eigenvalue weighted by Crippen LogP contribution is 2.25. The van der Waals surface area contributed by atoms with Crippen LogP contribution in [0, 0.1) is 5.82 Å². The molecule has 1 N–H and O–H groups in total. The van der Waals surface area contributed by atoms with Gasteiger partial charge in [0.1, 0.15) is 5.82 Å². The third-order valence-corrected chi connectivity index (χ3v) is 4.87. The highest BCUT2D eigenvalue weighted by atomic mass is 19.1. The molecule has 1 aliphatic rings. The van der Waals surface area contributed by atoms with E-state index in [2.05, 4.69) is 10.4 Å². The number of nitrogens with one attached hydrogen (secondary N) is 1. The maximum Gasteiger partial charge on any atom is 0.261 e. The fourth-order valence-corrected chi connectivity index (χ4v) is 3.35. The highest BCUT2D eigenvalue weighted by Gasteiger charge is 2.32. The predicted octanol–water partition coefficient (Wildman–Crippen LogP) is 3.05. The first-order chi connectivity index (χ1) is 13.9. The molecule has 146 valence electrons. The second-order valence-electron chi connectivity index (χ2n) is 6.63. The van der Waals surface area contributed by atoms with Crippen LogP contribution in [0.2, 0.25) is 0 Å². The monoisotopic (exact) mass is 392 g/mol. The number of benzene rings is 2. The Hall–Kier alpha value is -3.81. The number of imide groups is 1. The molecule has 2 heterocycles. The number of hydrogen-bond donors (Lipinski definition) is 1. The van der Waals surface area contributed by atoms with Crippen molar-refractivity contribution in [3.63, 3.8) is 0 Å². The third kappa shape index (κ3) is 3.08. The van der Waals surface area contributed by atoms with Crippen molar-refractivity contribution in [2.75, 3.05) is 12.4 Å². The summed E-state index contributed by atoms with van der Waals surface area (Å²) in [4.78, 5) is 38.0. The van der Waals surface area contributed by atoms with Crippen molar-refractivity contribution in [1.29, 1.82) is 0 Å². The topological polar surface area (TPSA) is 84.3 Å². The Morgan fingerprint density at radius 1 is 1.07 bits per heavy atom. The number of rotatable bonds is 4. The summed E-state index contributed by atoms with van der Waals surface area (Å²) in [6.45, 7) is 1.89. The average Bonchev–Trinajstić information content (AvgIpc) is 3.24. The maximum absolute atomic E-state index is 13.2. The van der Waals surface area contributed by atoms with E-state index in [1.807, 2.05) is 6.92 Å². The van der Waals surface area contributed by atoms with Crippen molar-refractivity contribution in [1.82, 2.24) is 14.7 Å². The average molecular weight is 392 g/mol. The molecule has 3 aromatic rings. The molecule has 0 atom stereocenters. The molecule has 29 heavy (non-hydrogen) atoms. The van der Waals surface area contributed by atoms with Gasteiger partial charge in [0.15, 0.2) is 0 Å². The molecule has 4 rings (SSSR count). The summed E-state index contributed by atoms with van der Waals surface area (Å²) in [5.41, 5.74) is 2.66. The lowest BCUT2D eigenvalue weighted by Gasteiger charge is -2.09. The van der Waals surface area contributed by atoms with E-state index in [9.17, 15) is 18.8 Å². The summed E-state index contributed by atoms with van der Waals surface area (Å²) >= 11 is 0. The van der Waals surface area contributed by atoms with Gasteiger partial charge in [0.2, 0.25) is 0 Å². The molecule has 1 aliphatic heterocycles. The van der Waals surface area contributed by atoms with Crippen LogP contribution in [0.5, 0.6) is 0 Å². The molecule has 0 saturated carbocycles. The third-order valence-electron chi connectivity index (χ3n) is 4.87. The molecule has 0 bridgehead atoms. The fraction of sp³-hybridized carbons (Fsp3) is 0.143. The highest BCUT2D eigenvalue weighted by molar-refractivity contribution is 6.21. The number of halogens is 1. The minimum atomic E-state index is -0.403. The SMILES string of the molecule is CCc1c(C(=O)Nc2ccc3c(c2)C(=O)N(C)C3=O)cnn1-c1ccc(F)cc1. The molecular weight excluding hydrogens is 375 g/mol. The Bertz CT molecular complexity index is 1150. The van der Waals surface area contributed by atoms with Gasteiger partial charge in [-0.15, -0.1) is 0 Å². The van der Waals surface area contributed by atoms with Gasteiger partial charge in [-0.3, -0.25) is 19.3 Å². The summed E-state index contributed by atoms with van der Waals surface area (Å²) in [5, 5.41) is 7.02. The van der Waals surface area contributed by atoms with E-state index in [0.717, 1.165) is 4.90 Å². The Morgan fingerprint density at radius 2 is 1.76 bits per heavy atom. The van der Waals surface area contributed by atoms with Crippen molar-refractivity contribution in [3.05, 3.63) is 76.9 Å². The van der Waals surface area contributed by atoms with Gasteiger partial charge in [0.25, 0.3) is 17.7 Å². The number of carbonyl (C=O) groups is 3. The van der Waals surface area contributed by atoms with Crippen LogP contribution in [-0.2, 0) is 6.42 Å². The zero-order valence-corrected chi connectivity index (χ0v) is 15.8. The summed E-state index contributed by atoms with van der Waals surface area (Å²) in [6.07, 6.45) is 1.98. The van der Waals surface area contributed by atoms with Crippen molar-refractivity contribution >= 4 is 23.4 Å². The van der Waals surface area contributed by atoms with E-state index in [-0.39, 0.29) is 23.2 Å². The van der Waals surface area contributed by atoms with Crippen molar-refractivity contribution < 1.29 is 18.8 Å². The molecule has 2 aromatic carbocycles. The maximum atomic E-state index is 13.2. The van der Waals surface area contributed by atoms with Crippen molar-refractivity contribution in [2.45, 2.75) is 13.3 Å². The Balaban J connectivity index is 1.62. The summed E-state index contributed by atoms with van der Waals surface area (Å²) < 4.78 is 14.8. The van der Waals surface area contributed by atoms with Gasteiger partial charge in [0.05, 0.1) is 34.3 Å². The molecule has 0 fully saturated rings. The quantitative estimate of drug-likeness (QED) is 0.692. The normalized spacial score (nSPS) is 13.0. The van der Waals surface area contributed by atoms with E-state index in [1.54, 1.807) is 22.9 Å². The summed E-state index contributed by atoms with van der Waals surface area (Å²) in [5.74, 6) is -1.51. The van der Waals surface area contributed by atoms with Crippen molar-refractivity contribution in [3.8, 4) is 5.69 Å². The molecule has 7 nitrogen and oxygen atoms in total. The van der Waals surface area contributed by atoms with Crippen LogP contribution in [-0.4, -0.2) is 39.4 Å². The van der Waals surface area contributed by atoms with Crippen LogP contribution in [0.25, 0.3) is 5.69 Å². The second-order valence-corrected chi connectivity index (χ2v) is 6.63. The van der Waals surface area contributed by atoms with Gasteiger partial charge in [-0.2, -0.15) is 5.10 Å². The van der Waals surface area contributed by atoms with Crippen LogP contribution in [0.1, 0.15) is 43.7 Å². The number of aromatic nitrogens is 2. The second kappa shape index (κ2) is 6.97. The van der Waals surface area contributed by atoms with E-state index in [1.165, 1.54) is 37.5 Å². The first-order valence-electron chi connectivity index (χ1n) is 9.01. The molecule has 0 unspecified atom stereocenters. The van der Waals surface area contributed by atoms with E-state index >= 15 is 0 Å². The number of carbonyl (C=O) groups excluding carboxylic acids is 3. The van der Waals surface area contributed by atoms with Gasteiger partial charge in [-0.25, -0.2) is 9.07 Å². The summed E-state index contributed by atoms with van der Waals surface area (Å²) in [7, 11) is 1.42. The van der Waals surface area contributed by atoms with Gasteiger partial charge in [0, 0.05) is 12.7 Å². The van der Waals surface area contributed by atoms with Crippen LogP contribution in [0.4, 0.5) is 10.1 Å². The van der Waals surface area contributed by atoms with E-state index in [0.29, 0.717) is 34.6 Å². The zero-order valence-electron chi connectivity index (χ0n) is 15.8. The Morgan fingerprint density at radius 3 is 2.45 bits per heavy atom. The molecule has 0 aliphatic carbocycles. The first kappa shape index (κ1) is 18.5. The predicted molar refractivity (Wildman–Crippen MR) is 104 cm³/mol. The minimum absolute atomic E-state index is 0.257. The van der Waals surface area contributed by atoms with Gasteiger partial charge in [-0.1, -0.05) is 6.92 Å². The fourth-order valence-electron chi connectivity index (χ4n) is 3.35. The molecule has 0 saturated heterocycles. The lowest BCUT2D eigenvalue weighted by Crippen LogP contribution is -2.24. The lowest BCUT2D eigenvalue weighted by molar-refractivity contribution is 0.0692. The van der Waals surface area contributed by atoms with Crippen LogP contribution in [0.15, 0.2) is 48.7 Å². The van der Waals surface area contributed by atoms with Gasteiger partial charge < -0.3 is 5.32 Å². The van der Waals surface area contributed by atoms with Crippen LogP contribution >= 0.6 is 0 Å². The standard InChI is InChI=1S/C21H17FN4O3/c1-3-18-17(11-23-26(18)14-7-4-12(22)5-8-14)19(27)24-13-6-9-15-16(10-13)21(29)25(2)20(15)28/h4-11H,3H2,1-2H3,(H,24,27). The number of anilines is 1. The van der Waals surface area contributed by atoms with Crippen LogP contribution in [0.3, 0.4) is 0 Å². The Labute approximate surface area is 165 Å². The first-order valence-corrected chi connectivity index (χ1v) is 9.01. The van der Waals surface area contributed by atoms with E-state index < -0.39 is 5.91 Å². The smallest absolute Gasteiger partial charge is 0.261 e. The minimum Gasteiger partial charge on any atom is -0.322 e. The Kier molecular flexibility index (Phi) is 4.46. The van der Waals surface area contributed by atoms with Crippen LogP contribution < -0.4 is 5.32 Å². The molecular formula is C21H17FN4O3. The van der Waals surface area contributed by atoms with Crippen molar-refractivity contribution in [2.24, 2.45) is 0 Å². The molecule has 3 amide bonds. The number of nitrogens with zero attached hydrogens (tertiary/aromatic N) is 3. The molecule has 8 heteroatoms. The molecule has 0 radical (unpaired) electrons. The zero-order chi connectivity index (χ0) is 20.7. The summed E-state index contributed by atoms with van der Waals surface area (Å²) in [6, 6.07) is 10.4. The largest absolute Gasteiger partial charge is 0.322 e. The number of hydrogen-bond acceptors (Lipinski definition) is 4. The number of amides is 3. The molecule has 0 spiro atoms. The molecule has 1 aromatic heterocycles.